The molecule has 1 spiro atoms. The smallest absolute Gasteiger partial charge is 0.209 e. The Labute approximate surface area is 146 Å². The Morgan fingerprint density at radius 1 is 0.960 bits per heavy atom. The van der Waals surface area contributed by atoms with E-state index in [4.69, 9.17) is 4.74 Å². The second-order valence-corrected chi connectivity index (χ2v) is 6.60. The number of amides is 1. The lowest BCUT2D eigenvalue weighted by molar-refractivity contribution is -0.120. The topological polar surface area (TPSA) is 46.6 Å². The Morgan fingerprint density at radius 3 is 2.36 bits per heavy atom. The van der Waals surface area contributed by atoms with Gasteiger partial charge < -0.3 is 9.64 Å². The standard InChI is InChI=1S/C21H19NO3/c23-14-16-5-7-17(8-6-16)19-13-21(9-11-22(15-24)12-10-21)25-20-4-2-1-3-18(19)20/h1-8,13-15H,9-12H2. The number of hydrogen-bond donors (Lipinski definition) is 0. The molecule has 1 saturated heterocycles. The van der Waals surface area contributed by atoms with Gasteiger partial charge in [0, 0.05) is 37.1 Å². The minimum atomic E-state index is -0.382. The van der Waals surface area contributed by atoms with Crippen molar-refractivity contribution in [2.24, 2.45) is 0 Å². The van der Waals surface area contributed by atoms with E-state index in [1.165, 1.54) is 0 Å². The van der Waals surface area contributed by atoms with E-state index in [0.717, 1.165) is 48.0 Å². The molecule has 0 aliphatic carbocycles. The Kier molecular flexibility index (Phi) is 3.88. The van der Waals surface area contributed by atoms with Crippen LogP contribution in [0.15, 0.2) is 54.6 Å². The molecular weight excluding hydrogens is 314 g/mol. The van der Waals surface area contributed by atoms with Crippen molar-refractivity contribution in [2.75, 3.05) is 13.1 Å². The van der Waals surface area contributed by atoms with E-state index in [2.05, 4.69) is 12.1 Å². The number of benzene rings is 2. The van der Waals surface area contributed by atoms with Crippen molar-refractivity contribution >= 4 is 18.3 Å². The van der Waals surface area contributed by atoms with E-state index in [9.17, 15) is 9.59 Å². The monoisotopic (exact) mass is 333 g/mol. The van der Waals surface area contributed by atoms with E-state index < -0.39 is 0 Å². The molecule has 1 amide bonds. The minimum Gasteiger partial charge on any atom is -0.482 e. The normalized spacial score (nSPS) is 18.1. The molecule has 4 heteroatoms. The molecule has 0 bridgehead atoms. The molecule has 2 aromatic carbocycles. The van der Waals surface area contributed by atoms with Gasteiger partial charge in [0.05, 0.1) is 0 Å². The van der Waals surface area contributed by atoms with E-state index in [1.807, 2.05) is 42.5 Å². The van der Waals surface area contributed by atoms with Crippen LogP contribution in [-0.2, 0) is 4.79 Å². The van der Waals surface area contributed by atoms with Gasteiger partial charge in [-0.3, -0.25) is 9.59 Å². The highest BCUT2D eigenvalue weighted by Gasteiger charge is 2.38. The quantitative estimate of drug-likeness (QED) is 0.810. The number of ether oxygens (including phenoxy) is 1. The third kappa shape index (κ3) is 2.84. The molecule has 2 aromatic rings. The summed E-state index contributed by atoms with van der Waals surface area (Å²) in [4.78, 5) is 23.7. The summed E-state index contributed by atoms with van der Waals surface area (Å²) in [5.74, 6) is 0.874. The van der Waals surface area contributed by atoms with Crippen molar-refractivity contribution in [1.82, 2.24) is 4.90 Å². The van der Waals surface area contributed by atoms with Gasteiger partial charge in [-0.05, 0) is 23.3 Å². The van der Waals surface area contributed by atoms with E-state index >= 15 is 0 Å². The SMILES string of the molecule is O=Cc1ccc(C2=CC3(CCN(C=O)CC3)Oc3ccccc32)cc1. The Morgan fingerprint density at radius 2 is 1.68 bits per heavy atom. The van der Waals surface area contributed by atoms with Crippen LogP contribution >= 0.6 is 0 Å². The third-order valence-corrected chi connectivity index (χ3v) is 5.05. The molecular formula is C21H19NO3. The molecule has 0 N–H and O–H groups in total. The van der Waals surface area contributed by atoms with E-state index in [-0.39, 0.29) is 5.60 Å². The fourth-order valence-electron chi connectivity index (χ4n) is 3.60. The molecule has 0 aromatic heterocycles. The molecule has 0 unspecified atom stereocenters. The van der Waals surface area contributed by atoms with Gasteiger partial charge in [-0.15, -0.1) is 0 Å². The van der Waals surface area contributed by atoms with Gasteiger partial charge in [0.1, 0.15) is 17.6 Å². The summed E-state index contributed by atoms with van der Waals surface area (Å²) in [6.45, 7) is 1.39. The zero-order chi connectivity index (χ0) is 17.3. The highest BCUT2D eigenvalue weighted by Crippen LogP contribution is 2.43. The lowest BCUT2D eigenvalue weighted by Gasteiger charge is -2.42. The maximum Gasteiger partial charge on any atom is 0.209 e. The van der Waals surface area contributed by atoms with Crippen molar-refractivity contribution in [3.8, 4) is 5.75 Å². The van der Waals surface area contributed by atoms with Crippen molar-refractivity contribution in [1.29, 1.82) is 0 Å². The summed E-state index contributed by atoms with van der Waals surface area (Å²) in [7, 11) is 0. The van der Waals surface area contributed by atoms with Crippen LogP contribution in [0, 0.1) is 0 Å². The first-order valence-corrected chi connectivity index (χ1v) is 8.49. The van der Waals surface area contributed by atoms with Gasteiger partial charge in [-0.2, -0.15) is 0 Å². The zero-order valence-electron chi connectivity index (χ0n) is 13.9. The van der Waals surface area contributed by atoms with Gasteiger partial charge in [0.25, 0.3) is 0 Å². The molecule has 4 rings (SSSR count). The summed E-state index contributed by atoms with van der Waals surface area (Å²) in [6, 6.07) is 15.7. The van der Waals surface area contributed by atoms with E-state index in [0.29, 0.717) is 18.7 Å². The molecule has 0 saturated carbocycles. The summed E-state index contributed by atoms with van der Waals surface area (Å²) in [5, 5.41) is 0. The first-order valence-electron chi connectivity index (χ1n) is 8.49. The van der Waals surface area contributed by atoms with Crippen molar-refractivity contribution < 1.29 is 14.3 Å². The summed E-state index contributed by atoms with van der Waals surface area (Å²) < 4.78 is 6.37. The molecule has 126 valence electrons. The van der Waals surface area contributed by atoms with Gasteiger partial charge in [-0.1, -0.05) is 42.5 Å². The largest absolute Gasteiger partial charge is 0.482 e. The fraction of sp³-hybridized carbons (Fsp3) is 0.238. The number of carbonyl (C=O) groups is 2. The van der Waals surface area contributed by atoms with Crippen molar-refractivity contribution in [2.45, 2.75) is 18.4 Å². The first kappa shape index (κ1) is 15.6. The predicted octanol–water partition coefficient (Wildman–Crippen LogP) is 3.31. The summed E-state index contributed by atoms with van der Waals surface area (Å²) in [5.41, 5.74) is 3.54. The average molecular weight is 333 g/mol. The van der Waals surface area contributed by atoms with Crippen LogP contribution in [-0.4, -0.2) is 36.3 Å². The lowest BCUT2D eigenvalue weighted by Crippen LogP contribution is -2.47. The molecule has 2 heterocycles. The van der Waals surface area contributed by atoms with Crippen LogP contribution in [0.3, 0.4) is 0 Å². The molecule has 4 nitrogen and oxygen atoms in total. The number of aldehydes is 1. The number of likely N-dealkylation sites (tertiary alicyclic amines) is 1. The van der Waals surface area contributed by atoms with Gasteiger partial charge in [-0.25, -0.2) is 0 Å². The molecule has 0 atom stereocenters. The van der Waals surface area contributed by atoms with Crippen LogP contribution in [0.25, 0.3) is 5.57 Å². The Hall–Kier alpha value is -2.88. The highest BCUT2D eigenvalue weighted by atomic mass is 16.5. The summed E-state index contributed by atoms with van der Waals surface area (Å²) >= 11 is 0. The zero-order valence-corrected chi connectivity index (χ0v) is 13.9. The van der Waals surface area contributed by atoms with Crippen LogP contribution < -0.4 is 4.74 Å². The second kappa shape index (κ2) is 6.20. The lowest BCUT2D eigenvalue weighted by atomic mass is 9.83. The summed E-state index contributed by atoms with van der Waals surface area (Å²) in [6.07, 6.45) is 5.51. The van der Waals surface area contributed by atoms with Gasteiger partial charge in [0.2, 0.25) is 6.41 Å². The first-order chi connectivity index (χ1) is 12.2. The maximum atomic E-state index is 11.0. The number of rotatable bonds is 3. The minimum absolute atomic E-state index is 0.382. The molecule has 2 aliphatic heterocycles. The van der Waals surface area contributed by atoms with Crippen LogP contribution in [0.1, 0.15) is 34.3 Å². The number of piperidine rings is 1. The second-order valence-electron chi connectivity index (χ2n) is 6.60. The van der Waals surface area contributed by atoms with Gasteiger partial charge in [0.15, 0.2) is 0 Å². The molecule has 0 radical (unpaired) electrons. The van der Waals surface area contributed by atoms with Gasteiger partial charge >= 0.3 is 0 Å². The molecule has 25 heavy (non-hydrogen) atoms. The van der Waals surface area contributed by atoms with Crippen LogP contribution in [0.2, 0.25) is 0 Å². The fourth-order valence-corrected chi connectivity index (χ4v) is 3.60. The number of fused-ring (bicyclic) bond motifs is 1. The number of para-hydroxylation sites is 1. The maximum absolute atomic E-state index is 11.0. The predicted molar refractivity (Wildman–Crippen MR) is 95.6 cm³/mol. The number of nitrogens with zero attached hydrogens (tertiary/aromatic N) is 1. The number of hydrogen-bond acceptors (Lipinski definition) is 3. The number of carbonyl (C=O) groups excluding carboxylic acids is 2. The van der Waals surface area contributed by atoms with Crippen molar-refractivity contribution in [3.63, 3.8) is 0 Å². The van der Waals surface area contributed by atoms with E-state index in [1.54, 1.807) is 4.90 Å². The molecule has 2 aliphatic rings. The highest BCUT2D eigenvalue weighted by molar-refractivity contribution is 5.86. The molecule has 1 fully saturated rings. The Bertz CT molecular complexity index is 830. The third-order valence-electron chi connectivity index (χ3n) is 5.05. The average Bonchev–Trinajstić information content (AvgIpc) is 2.68. The van der Waals surface area contributed by atoms with Crippen LogP contribution in [0.5, 0.6) is 5.75 Å². The Balaban J connectivity index is 1.77. The van der Waals surface area contributed by atoms with Crippen molar-refractivity contribution in [3.05, 3.63) is 71.3 Å². The van der Waals surface area contributed by atoms with Crippen LogP contribution in [0.4, 0.5) is 0 Å².